The van der Waals surface area contributed by atoms with E-state index in [0.29, 0.717) is 6.61 Å². The molecule has 1 aliphatic rings. The van der Waals surface area contributed by atoms with Gasteiger partial charge in [-0.15, -0.1) is 0 Å². The fourth-order valence-electron chi connectivity index (χ4n) is 1.97. The molecular weight excluding hydrogens is 202 g/mol. The number of fused-ring (bicyclic) bond motifs is 1. The fourth-order valence-corrected chi connectivity index (χ4v) is 1.97. The topological polar surface area (TPSA) is 21.7 Å². The molecule has 0 radical (unpaired) electrons. The summed E-state index contributed by atoms with van der Waals surface area (Å²) in [5, 5.41) is 0. The van der Waals surface area contributed by atoms with Crippen LogP contribution in [0.3, 0.4) is 0 Å². The van der Waals surface area contributed by atoms with Gasteiger partial charge in [0.25, 0.3) is 0 Å². The normalized spacial score (nSPS) is 18.4. The van der Waals surface area contributed by atoms with Gasteiger partial charge < -0.3 is 14.4 Å². The number of para-hydroxylation sites is 1. The molecule has 1 aliphatic heterocycles. The van der Waals surface area contributed by atoms with Crippen LogP contribution in [0.15, 0.2) is 18.2 Å². The van der Waals surface area contributed by atoms with Crippen LogP contribution >= 0.6 is 0 Å². The molecule has 0 aliphatic carbocycles. The molecular formula is C13H21NO2. The third kappa shape index (κ3) is 2.30. The van der Waals surface area contributed by atoms with Gasteiger partial charge in [0.1, 0.15) is 11.9 Å². The van der Waals surface area contributed by atoms with Gasteiger partial charge in [-0.2, -0.15) is 0 Å². The average molecular weight is 223 g/mol. The second kappa shape index (κ2) is 5.21. The Morgan fingerprint density at radius 1 is 1.50 bits per heavy atom. The van der Waals surface area contributed by atoms with Gasteiger partial charge in [0, 0.05) is 14.2 Å². The van der Waals surface area contributed by atoms with E-state index in [1.807, 2.05) is 0 Å². The van der Waals surface area contributed by atoms with E-state index in [1.54, 1.807) is 7.11 Å². The summed E-state index contributed by atoms with van der Waals surface area (Å²) >= 11 is 0. The third-order valence-corrected chi connectivity index (χ3v) is 2.72. The summed E-state index contributed by atoms with van der Waals surface area (Å²) < 4.78 is 11.0. The van der Waals surface area contributed by atoms with Crippen LogP contribution in [0.1, 0.15) is 13.0 Å². The highest BCUT2D eigenvalue weighted by molar-refractivity contribution is 5.62. The van der Waals surface area contributed by atoms with Crippen molar-refractivity contribution in [2.45, 2.75) is 20.5 Å². The Bertz CT molecular complexity index is 352. The number of nitrogens with zero attached hydrogens (tertiary/aromatic N) is 1. The molecule has 0 aromatic heterocycles. The minimum Gasteiger partial charge on any atom is -0.484 e. The standard InChI is InChI=1S/C12H17NO2.CH4/c1-9-5-4-6-11-12(9)15-10(8-14-3)7-13(11)2;/h4-6,10H,7-8H2,1-3H3;1H4/t10-;/m1./s1. The molecule has 0 unspecified atom stereocenters. The molecule has 16 heavy (non-hydrogen) atoms. The highest BCUT2D eigenvalue weighted by atomic mass is 16.5. The second-order valence-electron chi connectivity index (χ2n) is 4.00. The quantitative estimate of drug-likeness (QED) is 0.769. The van der Waals surface area contributed by atoms with Crippen molar-refractivity contribution in [1.29, 1.82) is 0 Å². The number of methoxy groups -OCH3 is 1. The lowest BCUT2D eigenvalue weighted by atomic mass is 10.1. The Balaban J connectivity index is 0.00000128. The van der Waals surface area contributed by atoms with Crippen LogP contribution in [0.4, 0.5) is 5.69 Å². The van der Waals surface area contributed by atoms with Crippen LogP contribution in [0.2, 0.25) is 0 Å². The number of aryl methyl sites for hydroxylation is 1. The number of hydrogen-bond donors (Lipinski definition) is 0. The molecule has 3 heteroatoms. The van der Waals surface area contributed by atoms with Gasteiger partial charge in [-0.05, 0) is 18.6 Å². The molecule has 1 aromatic carbocycles. The largest absolute Gasteiger partial charge is 0.484 e. The van der Waals surface area contributed by atoms with Crippen LogP contribution in [-0.4, -0.2) is 33.4 Å². The minimum absolute atomic E-state index is 0. The Kier molecular flexibility index (Phi) is 4.19. The predicted molar refractivity (Wildman–Crippen MR) is 67.5 cm³/mol. The van der Waals surface area contributed by atoms with Crippen LogP contribution in [0.25, 0.3) is 0 Å². The van der Waals surface area contributed by atoms with Gasteiger partial charge in [0.2, 0.25) is 0 Å². The second-order valence-corrected chi connectivity index (χ2v) is 4.00. The zero-order valence-corrected chi connectivity index (χ0v) is 9.49. The minimum atomic E-state index is 0. The molecule has 1 atom stereocenters. The fraction of sp³-hybridized carbons (Fsp3) is 0.538. The summed E-state index contributed by atoms with van der Waals surface area (Å²) in [6.45, 7) is 3.59. The van der Waals surface area contributed by atoms with Gasteiger partial charge in [0.05, 0.1) is 18.8 Å². The molecule has 0 bridgehead atoms. The molecule has 1 aromatic rings. The molecule has 90 valence electrons. The Morgan fingerprint density at radius 2 is 2.25 bits per heavy atom. The molecule has 1 heterocycles. The summed E-state index contributed by atoms with van der Waals surface area (Å²) in [6.07, 6.45) is 0.133. The third-order valence-electron chi connectivity index (χ3n) is 2.72. The van der Waals surface area contributed by atoms with Gasteiger partial charge in [0.15, 0.2) is 0 Å². The van der Waals surface area contributed by atoms with Gasteiger partial charge >= 0.3 is 0 Å². The zero-order valence-electron chi connectivity index (χ0n) is 9.49. The molecule has 0 N–H and O–H groups in total. The molecule has 0 amide bonds. The monoisotopic (exact) mass is 223 g/mol. The van der Waals surface area contributed by atoms with E-state index in [-0.39, 0.29) is 13.5 Å². The van der Waals surface area contributed by atoms with Gasteiger partial charge in [-0.1, -0.05) is 19.6 Å². The maximum absolute atomic E-state index is 5.91. The molecule has 2 rings (SSSR count). The summed E-state index contributed by atoms with van der Waals surface area (Å²) in [5.41, 5.74) is 2.35. The molecule has 0 saturated carbocycles. The lowest BCUT2D eigenvalue weighted by molar-refractivity contribution is 0.0796. The van der Waals surface area contributed by atoms with E-state index in [1.165, 1.54) is 11.3 Å². The number of benzene rings is 1. The highest BCUT2D eigenvalue weighted by Crippen LogP contribution is 2.35. The first kappa shape index (κ1) is 12.8. The maximum Gasteiger partial charge on any atom is 0.146 e. The van der Waals surface area contributed by atoms with Crippen LogP contribution in [-0.2, 0) is 4.74 Å². The number of hydrogen-bond acceptors (Lipinski definition) is 3. The lowest BCUT2D eigenvalue weighted by Gasteiger charge is -2.34. The number of anilines is 1. The lowest BCUT2D eigenvalue weighted by Crippen LogP contribution is -2.40. The van der Waals surface area contributed by atoms with Crippen molar-refractivity contribution >= 4 is 5.69 Å². The smallest absolute Gasteiger partial charge is 0.146 e. The zero-order chi connectivity index (χ0) is 10.8. The first-order valence-electron chi connectivity index (χ1n) is 5.18. The molecule has 0 spiro atoms. The maximum atomic E-state index is 5.91. The van der Waals surface area contributed by atoms with Crippen molar-refractivity contribution in [2.75, 3.05) is 32.2 Å². The van der Waals surface area contributed by atoms with Crippen molar-refractivity contribution in [3.05, 3.63) is 23.8 Å². The summed E-state index contributed by atoms with van der Waals surface area (Å²) in [5.74, 6) is 0.994. The molecule has 0 saturated heterocycles. The van der Waals surface area contributed by atoms with Gasteiger partial charge in [-0.3, -0.25) is 0 Å². The summed E-state index contributed by atoms with van der Waals surface area (Å²) in [7, 11) is 3.79. The highest BCUT2D eigenvalue weighted by Gasteiger charge is 2.24. The predicted octanol–water partition coefficient (Wildman–Crippen LogP) is 2.47. The number of likely N-dealkylation sites (N-methyl/N-ethyl adjacent to an activating group) is 1. The average Bonchev–Trinajstić information content (AvgIpc) is 2.20. The van der Waals surface area contributed by atoms with E-state index in [4.69, 9.17) is 9.47 Å². The first-order chi connectivity index (χ1) is 7.22. The van der Waals surface area contributed by atoms with E-state index in [9.17, 15) is 0 Å². The van der Waals surface area contributed by atoms with E-state index in [2.05, 4.69) is 37.1 Å². The number of rotatable bonds is 2. The van der Waals surface area contributed by atoms with Crippen molar-refractivity contribution in [2.24, 2.45) is 0 Å². The number of ether oxygens (including phenoxy) is 2. The Hall–Kier alpha value is -1.22. The van der Waals surface area contributed by atoms with Crippen molar-refractivity contribution in [1.82, 2.24) is 0 Å². The first-order valence-corrected chi connectivity index (χ1v) is 5.18. The Morgan fingerprint density at radius 3 is 2.94 bits per heavy atom. The summed E-state index contributed by atoms with van der Waals surface area (Å²) in [4.78, 5) is 2.22. The van der Waals surface area contributed by atoms with Crippen molar-refractivity contribution in [3.63, 3.8) is 0 Å². The van der Waals surface area contributed by atoms with Crippen LogP contribution in [0.5, 0.6) is 5.75 Å². The van der Waals surface area contributed by atoms with Crippen molar-refractivity contribution < 1.29 is 9.47 Å². The van der Waals surface area contributed by atoms with E-state index >= 15 is 0 Å². The Labute approximate surface area is 98.0 Å². The van der Waals surface area contributed by atoms with Crippen LogP contribution in [0, 0.1) is 6.92 Å². The van der Waals surface area contributed by atoms with Crippen LogP contribution < -0.4 is 9.64 Å². The van der Waals surface area contributed by atoms with Gasteiger partial charge in [-0.25, -0.2) is 0 Å². The van der Waals surface area contributed by atoms with E-state index in [0.717, 1.165) is 12.3 Å². The van der Waals surface area contributed by atoms with Crippen molar-refractivity contribution in [3.8, 4) is 5.75 Å². The molecule has 3 nitrogen and oxygen atoms in total. The SMILES string of the molecule is C.COC[C@H]1CN(C)c2cccc(C)c2O1. The summed E-state index contributed by atoms with van der Waals surface area (Å²) in [6, 6.07) is 6.22. The van der Waals surface area contributed by atoms with E-state index < -0.39 is 0 Å². The molecule has 0 fully saturated rings.